The molecule has 2 heterocycles. The van der Waals surface area contributed by atoms with Gasteiger partial charge in [-0.15, -0.1) is 0 Å². The van der Waals surface area contributed by atoms with E-state index < -0.39 is 45.0 Å². The molecule has 2 aliphatic carbocycles. The van der Waals surface area contributed by atoms with Gasteiger partial charge >= 0.3 is 12.2 Å². The van der Waals surface area contributed by atoms with Gasteiger partial charge in [0.25, 0.3) is 5.91 Å². The fraction of sp³-hybridized carbons (Fsp3) is 0.484. The van der Waals surface area contributed by atoms with Crippen LogP contribution in [0, 0.1) is 0 Å². The number of anilines is 3. The monoisotopic (exact) mass is 693 g/mol. The van der Waals surface area contributed by atoms with Gasteiger partial charge in [0.2, 0.25) is 21.9 Å². The van der Waals surface area contributed by atoms with E-state index in [1.807, 2.05) is 12.1 Å². The van der Waals surface area contributed by atoms with Crippen LogP contribution in [0.25, 0.3) is 0 Å². The van der Waals surface area contributed by atoms with Gasteiger partial charge < -0.3 is 15.4 Å². The molecule has 3 aromatic rings. The van der Waals surface area contributed by atoms with Crippen molar-refractivity contribution in [2.24, 2.45) is 0 Å². The van der Waals surface area contributed by atoms with Crippen LogP contribution in [0.5, 0.6) is 6.01 Å². The van der Waals surface area contributed by atoms with Crippen molar-refractivity contribution in [1.82, 2.24) is 24.6 Å². The van der Waals surface area contributed by atoms with Gasteiger partial charge in [-0.3, -0.25) is 9.69 Å². The predicted molar refractivity (Wildman–Crippen MR) is 170 cm³/mol. The Kier molecular flexibility index (Phi) is 8.54. The molecule has 2 aromatic carbocycles. The summed E-state index contributed by atoms with van der Waals surface area (Å²) in [4.78, 5) is 27.6. The molecule has 252 valence electrons. The number of amides is 1. The van der Waals surface area contributed by atoms with Crippen molar-refractivity contribution in [2.45, 2.75) is 74.4 Å². The Labute approximate surface area is 275 Å². The third kappa shape index (κ3) is 7.57. The summed E-state index contributed by atoms with van der Waals surface area (Å²) in [5.41, 5.74) is 0.801. The number of halogens is 4. The van der Waals surface area contributed by atoms with Crippen LogP contribution >= 0.6 is 11.6 Å². The molecule has 1 aliphatic heterocycles. The van der Waals surface area contributed by atoms with Crippen molar-refractivity contribution in [2.75, 3.05) is 30.3 Å². The maximum absolute atomic E-state index is 13.3. The van der Waals surface area contributed by atoms with Crippen LogP contribution < -0.4 is 20.1 Å². The number of nitrogens with one attached hydrogen (secondary N) is 3. The van der Waals surface area contributed by atoms with E-state index in [0.717, 1.165) is 37.8 Å². The number of nitrogens with zero attached hydrogens (tertiary/aromatic N) is 4. The summed E-state index contributed by atoms with van der Waals surface area (Å²) >= 11 is 6.02. The molecule has 2 saturated carbocycles. The molecule has 0 spiro atoms. The van der Waals surface area contributed by atoms with E-state index in [1.165, 1.54) is 24.3 Å². The molecule has 0 bridgehead atoms. The molecule has 0 atom stereocenters. The number of rotatable bonds is 12. The van der Waals surface area contributed by atoms with E-state index in [9.17, 15) is 26.4 Å². The largest absolute Gasteiger partial charge is 0.454 e. The van der Waals surface area contributed by atoms with Gasteiger partial charge in [-0.2, -0.15) is 28.1 Å². The minimum Gasteiger partial charge on any atom is -0.454 e. The van der Waals surface area contributed by atoms with Gasteiger partial charge in [0.15, 0.2) is 6.61 Å². The lowest BCUT2D eigenvalue weighted by atomic mass is 10.0. The van der Waals surface area contributed by atoms with Gasteiger partial charge in [0.1, 0.15) is 4.75 Å². The molecule has 11 nitrogen and oxygen atoms in total. The van der Waals surface area contributed by atoms with Crippen molar-refractivity contribution < 1.29 is 31.1 Å². The Bertz CT molecular complexity index is 1750. The number of hydrogen-bond donors (Lipinski definition) is 3. The fourth-order valence-corrected chi connectivity index (χ4v) is 7.52. The second-order valence-corrected chi connectivity index (χ2v) is 15.6. The highest BCUT2D eigenvalue weighted by Gasteiger charge is 2.57. The molecule has 0 unspecified atom stereocenters. The number of benzene rings is 2. The topological polar surface area (TPSA) is 138 Å². The molecular formula is C31H35ClF3N7O4S. The third-order valence-corrected chi connectivity index (χ3v) is 11.4. The molecule has 16 heteroatoms. The Morgan fingerprint density at radius 3 is 2.19 bits per heavy atom. The van der Waals surface area contributed by atoms with E-state index in [0.29, 0.717) is 30.1 Å². The number of sulfonamides is 1. The molecule has 6 rings (SSSR count). The first-order valence-electron chi connectivity index (χ1n) is 15.3. The van der Waals surface area contributed by atoms with Gasteiger partial charge in [-0.05, 0) is 101 Å². The Morgan fingerprint density at radius 2 is 1.62 bits per heavy atom. The fourth-order valence-electron chi connectivity index (χ4n) is 5.85. The summed E-state index contributed by atoms with van der Waals surface area (Å²) in [6, 6.07) is 12.5. The highest BCUT2D eigenvalue weighted by Crippen LogP contribution is 2.48. The summed E-state index contributed by atoms with van der Waals surface area (Å²) in [6.45, 7) is 3.81. The second kappa shape index (κ2) is 12.1. The maximum atomic E-state index is 13.3. The SMILES string of the molecule is CC1(C)CCCN1CC1(S(=O)(=O)NC(=O)c2ccc(Nc3nc(NC4(c5ccc(Cl)cc5)CC4)nc(OCC(F)(F)F)n3)cc2)CC1. The molecule has 3 N–H and O–H groups in total. The minimum atomic E-state index is -4.61. The van der Waals surface area contributed by atoms with Crippen LogP contribution in [-0.2, 0) is 15.6 Å². The van der Waals surface area contributed by atoms with Crippen molar-refractivity contribution in [3.8, 4) is 6.01 Å². The summed E-state index contributed by atoms with van der Waals surface area (Å²) < 4.78 is 71.4. The first-order chi connectivity index (χ1) is 22.1. The Morgan fingerprint density at radius 1 is 0.957 bits per heavy atom. The minimum absolute atomic E-state index is 0.000322. The average molecular weight is 694 g/mol. The van der Waals surface area contributed by atoms with E-state index in [4.69, 9.17) is 16.3 Å². The molecule has 3 aliphatic rings. The number of hydrogen-bond acceptors (Lipinski definition) is 10. The lowest BCUT2D eigenvalue weighted by Crippen LogP contribution is -2.50. The first-order valence-corrected chi connectivity index (χ1v) is 17.1. The zero-order valence-electron chi connectivity index (χ0n) is 25.8. The van der Waals surface area contributed by atoms with E-state index >= 15 is 0 Å². The normalized spacial score (nSPS) is 19.5. The lowest BCUT2D eigenvalue weighted by molar-refractivity contribution is -0.154. The van der Waals surface area contributed by atoms with E-state index in [-0.39, 0.29) is 23.0 Å². The number of likely N-dealkylation sites (tertiary alicyclic amines) is 1. The molecule has 0 radical (unpaired) electrons. The molecule has 1 amide bonds. The van der Waals surface area contributed by atoms with Crippen LogP contribution in [0.3, 0.4) is 0 Å². The number of alkyl halides is 3. The number of carbonyl (C=O) groups is 1. The molecule has 47 heavy (non-hydrogen) atoms. The van der Waals surface area contributed by atoms with Crippen molar-refractivity contribution in [3.63, 3.8) is 0 Å². The zero-order chi connectivity index (χ0) is 33.7. The Balaban J connectivity index is 1.15. The zero-order valence-corrected chi connectivity index (χ0v) is 27.4. The molecule has 3 fully saturated rings. The van der Waals surface area contributed by atoms with E-state index in [1.54, 1.807) is 12.1 Å². The number of aromatic nitrogens is 3. The number of ether oxygens (including phenoxy) is 1. The van der Waals surface area contributed by atoms with Crippen LogP contribution in [0.4, 0.5) is 30.8 Å². The summed E-state index contributed by atoms with van der Waals surface area (Å²) in [5.74, 6) is -0.860. The summed E-state index contributed by atoms with van der Waals surface area (Å²) in [7, 11) is -3.94. The number of carbonyl (C=O) groups excluding carboxylic acids is 1. The highest BCUT2D eigenvalue weighted by atomic mass is 35.5. The quantitative estimate of drug-likeness (QED) is 0.214. The average Bonchev–Trinajstić information content (AvgIpc) is 3.92. The molecule has 1 saturated heterocycles. The van der Waals surface area contributed by atoms with Crippen molar-refractivity contribution >= 4 is 45.1 Å². The smallest absolute Gasteiger partial charge is 0.422 e. The Hall–Kier alpha value is -3.69. The summed E-state index contributed by atoms with van der Waals surface area (Å²) in [5, 5.41) is 6.66. The summed E-state index contributed by atoms with van der Waals surface area (Å²) in [6.07, 6.45) is -0.166. The third-order valence-electron chi connectivity index (χ3n) is 9.04. The van der Waals surface area contributed by atoms with Gasteiger partial charge in [-0.1, -0.05) is 23.7 Å². The predicted octanol–water partition coefficient (Wildman–Crippen LogP) is 5.78. The second-order valence-electron chi connectivity index (χ2n) is 13.0. The van der Waals surface area contributed by atoms with Crippen molar-refractivity contribution in [3.05, 3.63) is 64.7 Å². The van der Waals surface area contributed by atoms with Gasteiger partial charge in [0, 0.05) is 28.4 Å². The maximum Gasteiger partial charge on any atom is 0.422 e. The first kappa shape index (κ1) is 33.2. The lowest BCUT2D eigenvalue weighted by Gasteiger charge is -2.34. The van der Waals surface area contributed by atoms with Gasteiger partial charge in [0.05, 0.1) is 5.54 Å². The van der Waals surface area contributed by atoms with Crippen LogP contribution in [0.1, 0.15) is 68.3 Å². The van der Waals surface area contributed by atoms with E-state index in [2.05, 4.69) is 49.1 Å². The molecule has 1 aromatic heterocycles. The van der Waals surface area contributed by atoms with Crippen LogP contribution in [0.2, 0.25) is 5.02 Å². The van der Waals surface area contributed by atoms with Crippen LogP contribution in [-0.4, -0.2) is 70.3 Å². The van der Waals surface area contributed by atoms with Crippen LogP contribution in [0.15, 0.2) is 48.5 Å². The standard InChI is InChI=1S/C31H35ClF3N7O4S/c1-28(2)12-3-17-42(28)18-29(13-14-29)47(44,45)41-24(43)20-4-10-23(11-5-20)36-25-37-26(39-27(38-25)46-19-31(33,34)35)40-30(15-16-30)21-6-8-22(32)9-7-21/h4-11H,3,12-19H2,1-2H3,(H,41,43)(H2,36,37,38,39,40). The molecular weight excluding hydrogens is 659 g/mol. The van der Waals surface area contributed by atoms with Crippen molar-refractivity contribution in [1.29, 1.82) is 0 Å². The highest BCUT2D eigenvalue weighted by molar-refractivity contribution is 7.91. The van der Waals surface area contributed by atoms with Gasteiger partial charge in [-0.25, -0.2) is 13.1 Å².